The fourth-order valence-electron chi connectivity index (χ4n) is 2.29. The van der Waals surface area contributed by atoms with Crippen molar-refractivity contribution in [2.45, 2.75) is 18.7 Å². The molecule has 2 aromatic carbocycles. The average Bonchev–Trinajstić information content (AvgIpc) is 2.36. The van der Waals surface area contributed by atoms with Gasteiger partial charge in [0.05, 0.1) is 10.6 Å². The molecule has 0 atom stereocenters. The highest BCUT2D eigenvalue weighted by Gasteiger charge is 2.20. The molecule has 0 aliphatic heterocycles. The molecule has 0 saturated carbocycles. The SMILES string of the molecule is C#Cc1cccc(NS(=O)(=O)c2c(C)cc(N)cc2C)c1. The summed E-state index contributed by atoms with van der Waals surface area (Å²) in [6.45, 7) is 3.44. The van der Waals surface area contributed by atoms with E-state index in [1.54, 1.807) is 50.2 Å². The van der Waals surface area contributed by atoms with Crippen LogP contribution in [-0.4, -0.2) is 8.42 Å². The molecule has 21 heavy (non-hydrogen) atoms. The van der Waals surface area contributed by atoms with Gasteiger partial charge in [-0.3, -0.25) is 4.72 Å². The van der Waals surface area contributed by atoms with E-state index in [-0.39, 0.29) is 4.90 Å². The predicted octanol–water partition coefficient (Wildman–Crippen LogP) is 2.67. The van der Waals surface area contributed by atoms with E-state index in [0.29, 0.717) is 28.1 Å². The minimum atomic E-state index is -3.69. The third-order valence-electron chi connectivity index (χ3n) is 3.03. The summed E-state index contributed by atoms with van der Waals surface area (Å²) in [5.74, 6) is 2.47. The highest BCUT2D eigenvalue weighted by molar-refractivity contribution is 7.92. The largest absolute Gasteiger partial charge is 0.399 e. The third kappa shape index (κ3) is 3.18. The zero-order valence-electron chi connectivity index (χ0n) is 11.8. The summed E-state index contributed by atoms with van der Waals surface area (Å²) in [4.78, 5) is 0.239. The lowest BCUT2D eigenvalue weighted by Crippen LogP contribution is -2.16. The Bertz CT molecular complexity index is 811. The molecule has 0 unspecified atom stereocenters. The fraction of sp³-hybridized carbons (Fsp3) is 0.125. The summed E-state index contributed by atoms with van der Waals surface area (Å²) in [7, 11) is -3.69. The van der Waals surface area contributed by atoms with Gasteiger partial charge in [0.1, 0.15) is 0 Å². The van der Waals surface area contributed by atoms with E-state index in [2.05, 4.69) is 10.6 Å². The van der Waals surface area contributed by atoms with Crippen molar-refractivity contribution in [3.05, 3.63) is 53.1 Å². The van der Waals surface area contributed by atoms with Crippen LogP contribution in [0.4, 0.5) is 11.4 Å². The Morgan fingerprint density at radius 2 is 1.76 bits per heavy atom. The first kappa shape index (κ1) is 14.9. The third-order valence-corrected chi connectivity index (χ3v) is 4.72. The molecule has 5 heteroatoms. The molecular weight excluding hydrogens is 284 g/mol. The molecule has 0 heterocycles. The Hall–Kier alpha value is -2.45. The molecule has 0 saturated heterocycles. The maximum atomic E-state index is 12.6. The van der Waals surface area contributed by atoms with Crippen molar-refractivity contribution in [1.29, 1.82) is 0 Å². The Balaban J connectivity index is 2.46. The summed E-state index contributed by atoms with van der Waals surface area (Å²) in [5, 5.41) is 0. The minimum Gasteiger partial charge on any atom is -0.399 e. The number of terminal acetylenes is 1. The number of hydrogen-bond acceptors (Lipinski definition) is 3. The summed E-state index contributed by atoms with van der Waals surface area (Å²) in [6.07, 6.45) is 5.32. The first-order valence-corrected chi connectivity index (χ1v) is 7.78. The molecule has 0 aliphatic rings. The number of aryl methyl sites for hydroxylation is 2. The summed E-state index contributed by atoms with van der Waals surface area (Å²) < 4.78 is 27.6. The standard InChI is InChI=1S/C16H16N2O2S/c1-4-13-6-5-7-15(10-13)18-21(19,20)16-11(2)8-14(17)9-12(16)3/h1,5-10,18H,17H2,2-3H3. The molecule has 2 aromatic rings. The van der Waals surface area contributed by atoms with Crippen LogP contribution in [0.5, 0.6) is 0 Å². The van der Waals surface area contributed by atoms with E-state index in [1.165, 1.54) is 0 Å². The van der Waals surface area contributed by atoms with Crippen LogP contribution in [0.1, 0.15) is 16.7 Å². The van der Waals surface area contributed by atoms with E-state index < -0.39 is 10.0 Å². The summed E-state index contributed by atoms with van der Waals surface area (Å²) in [5.41, 5.74) is 8.52. The van der Waals surface area contributed by atoms with Crippen LogP contribution in [0.25, 0.3) is 0 Å². The Kier molecular flexibility index (Phi) is 3.92. The molecule has 4 nitrogen and oxygen atoms in total. The molecule has 0 aromatic heterocycles. The molecule has 108 valence electrons. The lowest BCUT2D eigenvalue weighted by atomic mass is 10.1. The molecule has 0 amide bonds. The highest BCUT2D eigenvalue weighted by atomic mass is 32.2. The van der Waals surface area contributed by atoms with Crippen molar-refractivity contribution in [2.24, 2.45) is 0 Å². The van der Waals surface area contributed by atoms with Gasteiger partial charge in [0.15, 0.2) is 0 Å². The number of anilines is 2. The van der Waals surface area contributed by atoms with Crippen molar-refractivity contribution in [3.8, 4) is 12.3 Å². The zero-order chi connectivity index (χ0) is 15.6. The molecule has 0 bridgehead atoms. The maximum Gasteiger partial charge on any atom is 0.262 e. The second kappa shape index (κ2) is 5.51. The molecule has 0 aliphatic carbocycles. The lowest BCUT2D eigenvalue weighted by molar-refractivity contribution is 0.600. The summed E-state index contributed by atoms with van der Waals surface area (Å²) in [6, 6.07) is 9.98. The van der Waals surface area contributed by atoms with E-state index >= 15 is 0 Å². The van der Waals surface area contributed by atoms with Crippen molar-refractivity contribution in [3.63, 3.8) is 0 Å². The number of nitrogens with two attached hydrogens (primary N) is 1. The topological polar surface area (TPSA) is 72.2 Å². The number of nitrogen functional groups attached to an aromatic ring is 1. The second-order valence-electron chi connectivity index (χ2n) is 4.81. The first-order valence-electron chi connectivity index (χ1n) is 6.29. The van der Waals surface area contributed by atoms with E-state index in [1.807, 2.05) is 0 Å². The number of rotatable bonds is 3. The van der Waals surface area contributed by atoms with Gasteiger partial charge >= 0.3 is 0 Å². The molecule has 2 rings (SSSR count). The number of benzene rings is 2. The average molecular weight is 300 g/mol. The van der Waals surface area contributed by atoms with Crippen molar-refractivity contribution >= 4 is 21.4 Å². The van der Waals surface area contributed by atoms with Gasteiger partial charge in [-0.25, -0.2) is 8.42 Å². The smallest absolute Gasteiger partial charge is 0.262 e. The van der Waals surface area contributed by atoms with Crippen molar-refractivity contribution in [1.82, 2.24) is 0 Å². The molecule has 0 fully saturated rings. The number of nitrogens with one attached hydrogen (secondary N) is 1. The van der Waals surface area contributed by atoms with Crippen LogP contribution < -0.4 is 10.5 Å². The van der Waals surface area contributed by atoms with Crippen LogP contribution in [0, 0.1) is 26.2 Å². The van der Waals surface area contributed by atoms with Gasteiger partial charge in [0, 0.05) is 11.3 Å². The van der Waals surface area contributed by atoms with Crippen LogP contribution in [-0.2, 0) is 10.0 Å². The van der Waals surface area contributed by atoms with Gasteiger partial charge in [-0.15, -0.1) is 6.42 Å². The fourth-order valence-corrected chi connectivity index (χ4v) is 3.79. The van der Waals surface area contributed by atoms with Gasteiger partial charge in [-0.1, -0.05) is 12.0 Å². The Morgan fingerprint density at radius 1 is 1.14 bits per heavy atom. The molecule has 3 N–H and O–H groups in total. The number of sulfonamides is 1. The number of hydrogen-bond donors (Lipinski definition) is 2. The van der Waals surface area contributed by atoms with E-state index in [0.717, 1.165) is 0 Å². The minimum absolute atomic E-state index is 0.239. The highest BCUT2D eigenvalue weighted by Crippen LogP contribution is 2.25. The Morgan fingerprint density at radius 3 is 2.33 bits per heavy atom. The quantitative estimate of drug-likeness (QED) is 0.676. The monoisotopic (exact) mass is 300 g/mol. The van der Waals surface area contributed by atoms with Crippen LogP contribution >= 0.6 is 0 Å². The van der Waals surface area contributed by atoms with Crippen LogP contribution in [0.2, 0.25) is 0 Å². The van der Waals surface area contributed by atoms with Crippen molar-refractivity contribution in [2.75, 3.05) is 10.5 Å². The lowest BCUT2D eigenvalue weighted by Gasteiger charge is -2.14. The molecule has 0 spiro atoms. The second-order valence-corrected chi connectivity index (χ2v) is 6.43. The van der Waals surface area contributed by atoms with Gasteiger partial charge in [-0.05, 0) is 55.3 Å². The maximum absolute atomic E-state index is 12.6. The normalized spacial score (nSPS) is 10.9. The molecular formula is C16H16N2O2S. The van der Waals surface area contributed by atoms with Crippen LogP contribution in [0.3, 0.4) is 0 Å². The van der Waals surface area contributed by atoms with Gasteiger partial charge in [-0.2, -0.15) is 0 Å². The van der Waals surface area contributed by atoms with Crippen molar-refractivity contribution < 1.29 is 8.42 Å². The first-order chi connectivity index (χ1) is 9.83. The van der Waals surface area contributed by atoms with E-state index in [9.17, 15) is 8.42 Å². The Labute approximate surface area is 125 Å². The van der Waals surface area contributed by atoms with E-state index in [4.69, 9.17) is 12.2 Å². The van der Waals surface area contributed by atoms with Gasteiger partial charge in [0.25, 0.3) is 10.0 Å². The van der Waals surface area contributed by atoms with Gasteiger partial charge < -0.3 is 5.73 Å². The summed E-state index contributed by atoms with van der Waals surface area (Å²) >= 11 is 0. The zero-order valence-corrected chi connectivity index (χ0v) is 12.7. The van der Waals surface area contributed by atoms with Crippen LogP contribution in [0.15, 0.2) is 41.3 Å². The predicted molar refractivity (Wildman–Crippen MR) is 85.5 cm³/mol. The van der Waals surface area contributed by atoms with Gasteiger partial charge in [0.2, 0.25) is 0 Å². The molecule has 0 radical (unpaired) electrons.